The van der Waals surface area contributed by atoms with Crippen LogP contribution < -0.4 is 5.32 Å². The molecule has 0 rings (SSSR count). The average Bonchev–Trinajstić information content (AvgIpc) is 2.22. The maximum absolute atomic E-state index is 9.41. The number of nitrogens with one attached hydrogen (secondary N) is 1. The molecule has 0 fully saturated rings. The van der Waals surface area contributed by atoms with Crippen LogP contribution in [-0.4, -0.2) is 18.6 Å². The van der Waals surface area contributed by atoms with Crippen LogP contribution in [0.15, 0.2) is 5.11 Å². The smallest absolute Gasteiger partial charge is 0.107 e. The molecule has 5 heteroatoms. The first-order valence-electron chi connectivity index (χ1n) is 6.13. The lowest BCUT2D eigenvalue weighted by Gasteiger charge is -2.31. The van der Waals surface area contributed by atoms with Crippen LogP contribution in [0.3, 0.4) is 0 Å². The van der Waals surface area contributed by atoms with Gasteiger partial charge in [0.1, 0.15) is 5.54 Å². The zero-order chi connectivity index (χ0) is 13.3. The first-order chi connectivity index (χ1) is 7.95. The first-order valence-corrected chi connectivity index (χ1v) is 6.13. The summed E-state index contributed by atoms with van der Waals surface area (Å²) in [7, 11) is 0. The van der Waals surface area contributed by atoms with Gasteiger partial charge in [0.05, 0.1) is 6.07 Å². The molecule has 0 aliphatic carbocycles. The fraction of sp³-hybridized carbons (Fsp3) is 0.917. The van der Waals surface area contributed by atoms with Crippen molar-refractivity contribution in [2.45, 2.75) is 46.1 Å². The van der Waals surface area contributed by atoms with Crippen molar-refractivity contribution in [3.05, 3.63) is 10.4 Å². The van der Waals surface area contributed by atoms with Gasteiger partial charge in [-0.2, -0.15) is 5.26 Å². The van der Waals surface area contributed by atoms with Gasteiger partial charge >= 0.3 is 0 Å². The second-order valence-corrected chi connectivity index (χ2v) is 5.27. The second kappa shape index (κ2) is 7.94. The lowest BCUT2D eigenvalue weighted by atomic mass is 9.83. The number of azide groups is 1. The molecule has 0 unspecified atom stereocenters. The Morgan fingerprint density at radius 1 is 1.29 bits per heavy atom. The Hall–Kier alpha value is -1.24. The van der Waals surface area contributed by atoms with E-state index in [0.717, 1.165) is 12.8 Å². The predicted octanol–water partition coefficient (Wildman–Crippen LogP) is 3.24. The van der Waals surface area contributed by atoms with Crippen LogP contribution in [0.25, 0.3) is 10.4 Å². The van der Waals surface area contributed by atoms with Crippen LogP contribution in [-0.2, 0) is 0 Å². The number of hydrogen-bond donors (Lipinski definition) is 1. The van der Waals surface area contributed by atoms with Crippen molar-refractivity contribution in [2.24, 2.45) is 17.0 Å². The standard InChI is InChI=1S/C12H23N5/c1-10(2)7-12(9-13,8-11(3)4)15-5-6-16-17-14/h10-11,15H,5-8H2,1-4H3. The monoisotopic (exact) mass is 237 g/mol. The number of nitrogens with zero attached hydrogens (tertiary/aromatic N) is 4. The van der Waals surface area contributed by atoms with Crippen molar-refractivity contribution in [2.75, 3.05) is 13.1 Å². The largest absolute Gasteiger partial charge is 0.299 e. The molecule has 0 aliphatic heterocycles. The highest BCUT2D eigenvalue weighted by molar-refractivity contribution is 5.08. The molecule has 0 aromatic rings. The van der Waals surface area contributed by atoms with Gasteiger partial charge in [0, 0.05) is 18.0 Å². The lowest BCUT2D eigenvalue weighted by Crippen LogP contribution is -2.47. The van der Waals surface area contributed by atoms with E-state index in [0.29, 0.717) is 24.9 Å². The molecule has 0 aliphatic rings. The van der Waals surface area contributed by atoms with Gasteiger partial charge in [-0.15, -0.1) is 0 Å². The van der Waals surface area contributed by atoms with E-state index in [1.165, 1.54) is 0 Å². The molecule has 96 valence electrons. The minimum absolute atomic E-state index is 0.385. The summed E-state index contributed by atoms with van der Waals surface area (Å²) < 4.78 is 0. The molecule has 0 radical (unpaired) electrons. The van der Waals surface area contributed by atoms with E-state index in [4.69, 9.17) is 5.53 Å². The highest BCUT2D eigenvalue weighted by Crippen LogP contribution is 2.24. The lowest BCUT2D eigenvalue weighted by molar-refractivity contribution is 0.289. The highest BCUT2D eigenvalue weighted by Gasteiger charge is 2.30. The SMILES string of the molecule is CC(C)CC(C#N)(CC(C)C)NCCN=[N+]=[N-]. The Kier molecular flexibility index (Phi) is 7.36. The molecule has 0 saturated carbocycles. The molecule has 0 spiro atoms. The van der Waals surface area contributed by atoms with Crippen LogP contribution in [0.5, 0.6) is 0 Å². The average molecular weight is 237 g/mol. The molecule has 17 heavy (non-hydrogen) atoms. The van der Waals surface area contributed by atoms with E-state index < -0.39 is 5.54 Å². The van der Waals surface area contributed by atoms with Crippen LogP contribution in [0.2, 0.25) is 0 Å². The maximum atomic E-state index is 9.41. The van der Waals surface area contributed by atoms with E-state index in [1.807, 2.05) is 0 Å². The van der Waals surface area contributed by atoms with Crippen molar-refractivity contribution in [1.82, 2.24) is 5.32 Å². The summed E-state index contributed by atoms with van der Waals surface area (Å²) in [4.78, 5) is 2.71. The minimum atomic E-state index is -0.493. The van der Waals surface area contributed by atoms with Crippen molar-refractivity contribution < 1.29 is 0 Å². The summed E-state index contributed by atoms with van der Waals surface area (Å²) >= 11 is 0. The second-order valence-electron chi connectivity index (χ2n) is 5.27. The zero-order valence-corrected chi connectivity index (χ0v) is 11.3. The highest BCUT2D eigenvalue weighted by atomic mass is 15.1. The molecular formula is C12H23N5. The molecular weight excluding hydrogens is 214 g/mol. The molecule has 0 aromatic carbocycles. The summed E-state index contributed by atoms with van der Waals surface area (Å²) in [5, 5.41) is 16.1. The summed E-state index contributed by atoms with van der Waals surface area (Å²) in [6.07, 6.45) is 1.63. The van der Waals surface area contributed by atoms with Crippen molar-refractivity contribution >= 4 is 0 Å². The van der Waals surface area contributed by atoms with Crippen molar-refractivity contribution in [3.8, 4) is 6.07 Å². The van der Waals surface area contributed by atoms with E-state index >= 15 is 0 Å². The van der Waals surface area contributed by atoms with Gasteiger partial charge in [-0.1, -0.05) is 32.8 Å². The van der Waals surface area contributed by atoms with Gasteiger partial charge < -0.3 is 0 Å². The first kappa shape index (κ1) is 15.8. The Morgan fingerprint density at radius 3 is 2.18 bits per heavy atom. The molecule has 0 bridgehead atoms. The summed E-state index contributed by atoms with van der Waals surface area (Å²) in [5.74, 6) is 0.917. The van der Waals surface area contributed by atoms with Crippen molar-refractivity contribution in [1.29, 1.82) is 5.26 Å². The summed E-state index contributed by atoms with van der Waals surface area (Å²) in [5.41, 5.74) is 7.72. The van der Waals surface area contributed by atoms with Gasteiger partial charge in [-0.3, -0.25) is 5.32 Å². The third-order valence-electron chi connectivity index (χ3n) is 2.47. The molecule has 5 nitrogen and oxygen atoms in total. The zero-order valence-electron chi connectivity index (χ0n) is 11.3. The Bertz CT molecular complexity index is 287. The topological polar surface area (TPSA) is 84.6 Å². The summed E-state index contributed by atoms with van der Waals surface area (Å²) in [6.45, 7) is 9.39. The third kappa shape index (κ3) is 6.83. The van der Waals surface area contributed by atoms with Gasteiger partial charge in [0.15, 0.2) is 0 Å². The van der Waals surface area contributed by atoms with E-state index in [-0.39, 0.29) is 0 Å². The quantitative estimate of drug-likeness (QED) is 0.304. The van der Waals surface area contributed by atoms with Crippen LogP contribution in [0.1, 0.15) is 40.5 Å². The van der Waals surface area contributed by atoms with E-state index in [9.17, 15) is 5.26 Å². The fourth-order valence-corrected chi connectivity index (χ4v) is 2.14. The van der Waals surface area contributed by atoms with E-state index in [1.54, 1.807) is 0 Å². The molecule has 0 saturated heterocycles. The van der Waals surface area contributed by atoms with Gasteiger partial charge in [-0.25, -0.2) is 0 Å². The molecule has 1 N–H and O–H groups in total. The summed E-state index contributed by atoms with van der Waals surface area (Å²) in [6, 6.07) is 2.41. The number of rotatable bonds is 8. The van der Waals surface area contributed by atoms with Gasteiger partial charge in [-0.05, 0) is 30.2 Å². The van der Waals surface area contributed by atoms with Crippen LogP contribution >= 0.6 is 0 Å². The fourth-order valence-electron chi connectivity index (χ4n) is 2.14. The number of hydrogen-bond acceptors (Lipinski definition) is 3. The maximum Gasteiger partial charge on any atom is 0.107 e. The molecule has 0 heterocycles. The Morgan fingerprint density at radius 2 is 1.82 bits per heavy atom. The third-order valence-corrected chi connectivity index (χ3v) is 2.47. The normalized spacial score (nSPS) is 11.4. The van der Waals surface area contributed by atoms with Crippen LogP contribution in [0.4, 0.5) is 0 Å². The molecule has 0 amide bonds. The van der Waals surface area contributed by atoms with Crippen molar-refractivity contribution in [3.63, 3.8) is 0 Å². The van der Waals surface area contributed by atoms with Gasteiger partial charge in [0.2, 0.25) is 0 Å². The number of nitriles is 1. The Balaban J connectivity index is 4.56. The van der Waals surface area contributed by atoms with Gasteiger partial charge in [0.25, 0.3) is 0 Å². The predicted molar refractivity (Wildman–Crippen MR) is 69.3 cm³/mol. The van der Waals surface area contributed by atoms with E-state index in [2.05, 4.69) is 49.1 Å². The Labute approximate surface area is 104 Å². The molecule has 0 aromatic heterocycles. The molecule has 0 atom stereocenters. The minimum Gasteiger partial charge on any atom is -0.299 e. The van der Waals surface area contributed by atoms with Crippen LogP contribution in [0, 0.1) is 23.2 Å².